The Bertz CT molecular complexity index is 295. The van der Waals surface area contributed by atoms with E-state index in [0.29, 0.717) is 5.84 Å². The molecule has 0 aliphatic rings. The maximum atomic E-state index is 7.84. The highest BCUT2D eigenvalue weighted by atomic mass is 16.5. The fourth-order valence-corrected chi connectivity index (χ4v) is 1.27. The third kappa shape index (κ3) is 2.33. The SMILES string of the molecule is COC(C(=N)N(C)C)c1ccccc1. The summed E-state index contributed by atoms with van der Waals surface area (Å²) >= 11 is 0. The highest BCUT2D eigenvalue weighted by Gasteiger charge is 2.17. The van der Waals surface area contributed by atoms with Crippen molar-refractivity contribution < 1.29 is 4.74 Å². The van der Waals surface area contributed by atoms with Gasteiger partial charge >= 0.3 is 0 Å². The second-order valence-electron chi connectivity index (χ2n) is 3.31. The molecule has 1 aromatic carbocycles. The van der Waals surface area contributed by atoms with Crippen molar-refractivity contribution in [2.24, 2.45) is 0 Å². The molecule has 0 aromatic heterocycles. The number of amidine groups is 1. The minimum Gasteiger partial charge on any atom is -0.369 e. The molecule has 0 radical (unpaired) electrons. The summed E-state index contributed by atoms with van der Waals surface area (Å²) in [6, 6.07) is 9.78. The molecular formula is C11H16N2O. The molecule has 14 heavy (non-hydrogen) atoms. The maximum Gasteiger partial charge on any atom is 0.139 e. The minimum atomic E-state index is -0.272. The Morgan fingerprint density at radius 3 is 2.29 bits per heavy atom. The number of rotatable bonds is 3. The largest absolute Gasteiger partial charge is 0.369 e. The van der Waals surface area contributed by atoms with E-state index >= 15 is 0 Å². The zero-order chi connectivity index (χ0) is 10.6. The summed E-state index contributed by atoms with van der Waals surface area (Å²) in [7, 11) is 5.31. The van der Waals surface area contributed by atoms with Gasteiger partial charge in [0.1, 0.15) is 11.9 Å². The van der Waals surface area contributed by atoms with E-state index in [1.807, 2.05) is 44.4 Å². The molecule has 0 spiro atoms. The van der Waals surface area contributed by atoms with E-state index in [1.54, 1.807) is 12.0 Å². The quantitative estimate of drug-likeness (QED) is 0.586. The number of benzene rings is 1. The van der Waals surface area contributed by atoms with Crippen LogP contribution >= 0.6 is 0 Å². The van der Waals surface area contributed by atoms with Gasteiger partial charge in [-0.15, -0.1) is 0 Å². The molecule has 3 heteroatoms. The van der Waals surface area contributed by atoms with Gasteiger partial charge in [0, 0.05) is 21.2 Å². The van der Waals surface area contributed by atoms with Crippen molar-refractivity contribution in [1.82, 2.24) is 4.90 Å². The van der Waals surface area contributed by atoms with Gasteiger partial charge in [0.2, 0.25) is 0 Å². The molecule has 0 aliphatic heterocycles. The van der Waals surface area contributed by atoms with Crippen LogP contribution < -0.4 is 0 Å². The van der Waals surface area contributed by atoms with Crippen molar-refractivity contribution in [3.05, 3.63) is 35.9 Å². The van der Waals surface area contributed by atoms with Crippen molar-refractivity contribution in [3.8, 4) is 0 Å². The Kier molecular flexibility index (Phi) is 3.65. The lowest BCUT2D eigenvalue weighted by Gasteiger charge is -2.22. The van der Waals surface area contributed by atoms with E-state index in [4.69, 9.17) is 10.1 Å². The third-order valence-corrected chi connectivity index (χ3v) is 2.07. The lowest BCUT2D eigenvalue weighted by molar-refractivity contribution is 0.147. The number of hydrogen-bond acceptors (Lipinski definition) is 2. The summed E-state index contributed by atoms with van der Waals surface area (Å²) in [5.74, 6) is 0.457. The first-order chi connectivity index (χ1) is 6.66. The van der Waals surface area contributed by atoms with Crippen LogP contribution in [0.1, 0.15) is 11.7 Å². The molecule has 1 N–H and O–H groups in total. The lowest BCUT2D eigenvalue weighted by atomic mass is 10.1. The van der Waals surface area contributed by atoms with Gasteiger partial charge in [0.05, 0.1) is 0 Å². The summed E-state index contributed by atoms with van der Waals surface area (Å²) in [6.45, 7) is 0. The maximum absolute atomic E-state index is 7.84. The number of methoxy groups -OCH3 is 1. The number of likely N-dealkylation sites (N-methyl/N-ethyl adjacent to an activating group) is 1. The van der Waals surface area contributed by atoms with Crippen molar-refractivity contribution >= 4 is 5.84 Å². The van der Waals surface area contributed by atoms with Gasteiger partial charge in [-0.2, -0.15) is 0 Å². The molecule has 1 rings (SSSR count). The molecule has 1 unspecified atom stereocenters. The number of nitrogens with zero attached hydrogens (tertiary/aromatic N) is 1. The van der Waals surface area contributed by atoms with Crippen molar-refractivity contribution in [2.75, 3.05) is 21.2 Å². The molecule has 0 aliphatic carbocycles. The van der Waals surface area contributed by atoms with Crippen LogP contribution in [0, 0.1) is 5.41 Å². The zero-order valence-corrected chi connectivity index (χ0v) is 8.82. The van der Waals surface area contributed by atoms with Gasteiger partial charge in [0.25, 0.3) is 0 Å². The predicted octanol–water partition coefficient (Wildman–Crippen LogP) is 1.91. The third-order valence-electron chi connectivity index (χ3n) is 2.07. The topological polar surface area (TPSA) is 36.3 Å². The monoisotopic (exact) mass is 192 g/mol. The van der Waals surface area contributed by atoms with Crippen LogP contribution in [0.15, 0.2) is 30.3 Å². The first-order valence-corrected chi connectivity index (χ1v) is 4.50. The first kappa shape index (κ1) is 10.7. The normalized spacial score (nSPS) is 12.2. The minimum absolute atomic E-state index is 0.272. The van der Waals surface area contributed by atoms with Gasteiger partial charge in [0.15, 0.2) is 0 Å². The number of nitrogens with one attached hydrogen (secondary N) is 1. The number of hydrogen-bond donors (Lipinski definition) is 1. The Morgan fingerprint density at radius 2 is 1.86 bits per heavy atom. The van der Waals surface area contributed by atoms with E-state index in [0.717, 1.165) is 5.56 Å². The predicted molar refractivity (Wildman–Crippen MR) is 57.6 cm³/mol. The summed E-state index contributed by atoms with van der Waals surface area (Å²) in [6.07, 6.45) is -0.272. The van der Waals surface area contributed by atoms with E-state index in [9.17, 15) is 0 Å². The van der Waals surface area contributed by atoms with Gasteiger partial charge < -0.3 is 9.64 Å². The fourth-order valence-electron chi connectivity index (χ4n) is 1.27. The highest BCUT2D eigenvalue weighted by molar-refractivity contribution is 5.84. The molecule has 0 heterocycles. The molecular weight excluding hydrogens is 176 g/mol. The van der Waals surface area contributed by atoms with E-state index in [2.05, 4.69) is 0 Å². The average molecular weight is 192 g/mol. The Balaban J connectivity index is 2.88. The summed E-state index contributed by atoms with van der Waals surface area (Å²) in [5, 5.41) is 7.84. The first-order valence-electron chi connectivity index (χ1n) is 4.50. The fraction of sp³-hybridized carbons (Fsp3) is 0.364. The molecule has 0 amide bonds. The average Bonchev–Trinajstić information content (AvgIpc) is 2.20. The van der Waals surface area contributed by atoms with Crippen molar-refractivity contribution in [1.29, 1.82) is 5.41 Å². The number of ether oxygens (including phenoxy) is 1. The molecule has 0 fully saturated rings. The molecule has 3 nitrogen and oxygen atoms in total. The van der Waals surface area contributed by atoms with Crippen LogP contribution in [0.2, 0.25) is 0 Å². The van der Waals surface area contributed by atoms with E-state index in [-0.39, 0.29) is 6.10 Å². The lowest BCUT2D eigenvalue weighted by Crippen LogP contribution is -2.28. The van der Waals surface area contributed by atoms with Gasteiger partial charge in [-0.05, 0) is 5.56 Å². The van der Waals surface area contributed by atoms with Crippen molar-refractivity contribution in [3.63, 3.8) is 0 Å². The second kappa shape index (κ2) is 4.77. The standard InChI is InChI=1S/C11H16N2O/c1-13(2)11(12)10(14-3)9-7-5-4-6-8-9/h4-8,10,12H,1-3H3. The Hall–Kier alpha value is -1.35. The van der Waals surface area contributed by atoms with Crippen LogP contribution in [0.4, 0.5) is 0 Å². The Morgan fingerprint density at radius 1 is 1.29 bits per heavy atom. The zero-order valence-electron chi connectivity index (χ0n) is 8.82. The van der Waals surface area contributed by atoms with Gasteiger partial charge in [-0.3, -0.25) is 5.41 Å². The van der Waals surface area contributed by atoms with Crippen LogP contribution in [0.5, 0.6) is 0 Å². The molecule has 0 bridgehead atoms. The van der Waals surface area contributed by atoms with E-state index < -0.39 is 0 Å². The van der Waals surface area contributed by atoms with Crippen LogP contribution in [-0.4, -0.2) is 31.9 Å². The molecule has 1 aromatic rings. The Labute approximate surface area is 84.8 Å². The molecule has 1 atom stereocenters. The second-order valence-corrected chi connectivity index (χ2v) is 3.31. The van der Waals surface area contributed by atoms with Gasteiger partial charge in [-0.1, -0.05) is 30.3 Å². The van der Waals surface area contributed by atoms with Crippen molar-refractivity contribution in [2.45, 2.75) is 6.10 Å². The van der Waals surface area contributed by atoms with Crippen LogP contribution in [-0.2, 0) is 4.74 Å². The summed E-state index contributed by atoms with van der Waals surface area (Å²) in [4.78, 5) is 1.75. The van der Waals surface area contributed by atoms with Crippen LogP contribution in [0.25, 0.3) is 0 Å². The van der Waals surface area contributed by atoms with E-state index in [1.165, 1.54) is 0 Å². The van der Waals surface area contributed by atoms with Crippen LogP contribution in [0.3, 0.4) is 0 Å². The molecule has 0 saturated heterocycles. The summed E-state index contributed by atoms with van der Waals surface area (Å²) < 4.78 is 5.29. The molecule has 0 saturated carbocycles. The smallest absolute Gasteiger partial charge is 0.139 e. The summed E-state index contributed by atoms with van der Waals surface area (Å²) in [5.41, 5.74) is 1.01. The molecule has 76 valence electrons. The highest BCUT2D eigenvalue weighted by Crippen LogP contribution is 2.17. The van der Waals surface area contributed by atoms with Gasteiger partial charge in [-0.25, -0.2) is 0 Å².